The van der Waals surface area contributed by atoms with Crippen molar-refractivity contribution in [3.05, 3.63) is 53.2 Å². The fourth-order valence-corrected chi connectivity index (χ4v) is 4.62. The monoisotopic (exact) mass is 534 g/mol. The van der Waals surface area contributed by atoms with Crippen molar-refractivity contribution in [2.75, 3.05) is 31.6 Å². The molecule has 2 aliphatic heterocycles. The average Bonchev–Trinajstić information content (AvgIpc) is 3.53. The predicted molar refractivity (Wildman–Crippen MR) is 129 cm³/mol. The number of rotatable bonds is 6. The molecular weight excluding hydrogens is 509 g/mol. The van der Waals surface area contributed by atoms with Gasteiger partial charge < -0.3 is 34.7 Å². The number of fused-ring (bicyclic) bond motifs is 2. The smallest absolute Gasteiger partial charge is 0.410 e. The van der Waals surface area contributed by atoms with Gasteiger partial charge >= 0.3 is 6.18 Å². The number of aromatic nitrogens is 2. The van der Waals surface area contributed by atoms with Gasteiger partial charge in [0.25, 0.3) is 5.91 Å². The molecule has 5 rings (SSSR count). The molecule has 3 atom stereocenters. The number of aliphatic hydroxyl groups is 1. The van der Waals surface area contributed by atoms with E-state index in [1.54, 1.807) is 24.3 Å². The third kappa shape index (κ3) is 4.53. The van der Waals surface area contributed by atoms with Gasteiger partial charge in [-0.15, -0.1) is 0 Å². The van der Waals surface area contributed by atoms with E-state index in [1.807, 2.05) is 0 Å². The molecule has 2 aliphatic rings. The van der Waals surface area contributed by atoms with Crippen molar-refractivity contribution in [2.24, 2.45) is 0 Å². The lowest BCUT2D eigenvalue weighted by Gasteiger charge is -2.34. The first-order chi connectivity index (χ1) is 18.1. The molecule has 1 aromatic heterocycles. The third-order valence-corrected chi connectivity index (χ3v) is 6.54. The van der Waals surface area contributed by atoms with E-state index < -0.39 is 30.3 Å². The molecule has 0 fully saturated rings. The Morgan fingerprint density at radius 3 is 2.55 bits per heavy atom. The summed E-state index contributed by atoms with van der Waals surface area (Å²) in [7, 11) is 2.90. The van der Waals surface area contributed by atoms with E-state index in [2.05, 4.69) is 15.7 Å². The van der Waals surface area contributed by atoms with E-state index in [1.165, 1.54) is 27.2 Å². The van der Waals surface area contributed by atoms with Crippen molar-refractivity contribution >= 4 is 17.4 Å². The number of carbonyl (C=O) groups is 1. The van der Waals surface area contributed by atoms with Gasteiger partial charge in [-0.2, -0.15) is 18.3 Å². The fraction of sp³-hybridized carbons (Fsp3) is 0.360. The first kappa shape index (κ1) is 25.5. The Hall–Kier alpha value is -4.13. The SMILES string of the molecule is COc1ccc([C@H]2C[C@@H](C(F)(F)F)n3ncc(C(=O)Nc4cc5c(cc4[C@H](C)O)OCO5)c3N2)cc1OC. The molecule has 3 aromatic rings. The first-order valence-electron chi connectivity index (χ1n) is 11.7. The van der Waals surface area contributed by atoms with Crippen LogP contribution < -0.4 is 29.6 Å². The number of aliphatic hydroxyl groups excluding tert-OH is 1. The largest absolute Gasteiger partial charge is 0.493 e. The Labute approximate surface area is 215 Å². The van der Waals surface area contributed by atoms with Gasteiger partial charge in [0.1, 0.15) is 11.4 Å². The predicted octanol–water partition coefficient (Wildman–Crippen LogP) is 4.59. The average molecular weight is 534 g/mol. The van der Waals surface area contributed by atoms with E-state index >= 15 is 0 Å². The van der Waals surface area contributed by atoms with Gasteiger partial charge in [0.05, 0.1) is 38.2 Å². The van der Waals surface area contributed by atoms with Crippen LogP contribution in [0, 0.1) is 0 Å². The highest BCUT2D eigenvalue weighted by molar-refractivity contribution is 6.08. The summed E-state index contributed by atoms with van der Waals surface area (Å²) < 4.78 is 64.3. The highest BCUT2D eigenvalue weighted by Crippen LogP contribution is 2.46. The lowest BCUT2D eigenvalue weighted by Crippen LogP contribution is -2.36. The van der Waals surface area contributed by atoms with Gasteiger partial charge in [-0.3, -0.25) is 4.79 Å². The van der Waals surface area contributed by atoms with Crippen LogP contribution in [0.5, 0.6) is 23.0 Å². The van der Waals surface area contributed by atoms with Crippen molar-refractivity contribution in [3.8, 4) is 23.0 Å². The number of hydrogen-bond donors (Lipinski definition) is 3. The minimum atomic E-state index is -4.62. The van der Waals surface area contributed by atoms with Gasteiger partial charge in [0, 0.05) is 18.1 Å². The maximum absolute atomic E-state index is 14.1. The van der Waals surface area contributed by atoms with Crippen molar-refractivity contribution in [1.29, 1.82) is 0 Å². The minimum absolute atomic E-state index is 0.0107. The molecule has 0 bridgehead atoms. The summed E-state index contributed by atoms with van der Waals surface area (Å²) in [5, 5.41) is 19.8. The Morgan fingerprint density at radius 2 is 1.89 bits per heavy atom. The highest BCUT2D eigenvalue weighted by Gasteiger charge is 2.47. The number of amides is 1. The van der Waals surface area contributed by atoms with Gasteiger partial charge in [0.15, 0.2) is 29.0 Å². The molecule has 38 heavy (non-hydrogen) atoms. The van der Waals surface area contributed by atoms with E-state index in [4.69, 9.17) is 18.9 Å². The number of hydrogen-bond acceptors (Lipinski definition) is 8. The molecule has 13 heteroatoms. The number of carbonyl (C=O) groups excluding carboxylic acids is 1. The quantitative estimate of drug-likeness (QED) is 0.421. The molecule has 3 N–H and O–H groups in total. The number of halogens is 3. The van der Waals surface area contributed by atoms with Crippen LogP contribution >= 0.6 is 0 Å². The normalized spacial score (nSPS) is 18.8. The molecule has 0 aliphatic carbocycles. The topological polar surface area (TPSA) is 116 Å². The first-order valence-corrected chi connectivity index (χ1v) is 11.7. The molecule has 2 aromatic carbocycles. The zero-order chi connectivity index (χ0) is 27.2. The van der Waals surface area contributed by atoms with Gasteiger partial charge in [-0.1, -0.05) is 6.07 Å². The Kier molecular flexibility index (Phi) is 6.47. The van der Waals surface area contributed by atoms with Crippen LogP contribution in [0.1, 0.15) is 53.0 Å². The second-order valence-corrected chi connectivity index (χ2v) is 8.88. The van der Waals surface area contributed by atoms with Crippen LogP contribution in [0.25, 0.3) is 0 Å². The number of methoxy groups -OCH3 is 2. The molecule has 202 valence electrons. The molecular formula is C25H25F3N4O6. The standard InChI is InChI=1S/C25H25F3N4O6/c1-12(33)14-7-20-21(38-11-37-20)8-17(14)31-24(34)15-10-29-32-22(25(26,27)28)9-16(30-23(15)32)13-4-5-18(35-2)19(6-13)36-3/h4-8,10,12,16,22,30,33H,9,11H2,1-3H3,(H,31,34)/t12-,16+,22-/m0/s1. The molecule has 0 saturated heterocycles. The van der Waals surface area contributed by atoms with Gasteiger partial charge in [0.2, 0.25) is 6.79 Å². The summed E-state index contributed by atoms with van der Waals surface area (Å²) >= 11 is 0. The van der Waals surface area contributed by atoms with Gasteiger partial charge in [-0.25, -0.2) is 4.68 Å². The highest BCUT2D eigenvalue weighted by atomic mass is 19.4. The molecule has 0 radical (unpaired) electrons. The summed E-state index contributed by atoms with van der Waals surface area (Å²) in [6.45, 7) is 1.50. The molecule has 1 amide bonds. The lowest BCUT2D eigenvalue weighted by molar-refractivity contribution is -0.173. The summed E-state index contributed by atoms with van der Waals surface area (Å²) in [6.07, 6.45) is -4.86. The second kappa shape index (κ2) is 9.63. The minimum Gasteiger partial charge on any atom is -0.493 e. The van der Waals surface area contributed by atoms with Crippen molar-refractivity contribution < 1.29 is 42.0 Å². The zero-order valence-corrected chi connectivity index (χ0v) is 20.6. The van der Waals surface area contributed by atoms with E-state index in [0.717, 1.165) is 10.9 Å². The van der Waals surface area contributed by atoms with Gasteiger partial charge in [-0.05, 0) is 30.7 Å². The van der Waals surface area contributed by atoms with Crippen LogP contribution in [-0.4, -0.2) is 48.0 Å². The fourth-order valence-electron chi connectivity index (χ4n) is 4.62. The van der Waals surface area contributed by atoms with Crippen molar-refractivity contribution in [3.63, 3.8) is 0 Å². The summed E-state index contributed by atoms with van der Waals surface area (Å²) in [5.74, 6) is 0.770. The van der Waals surface area contributed by atoms with Crippen LogP contribution in [0.3, 0.4) is 0 Å². The summed E-state index contributed by atoms with van der Waals surface area (Å²) in [5.41, 5.74) is 1.00. The Balaban J connectivity index is 1.50. The number of alkyl halides is 3. The maximum atomic E-state index is 14.1. The van der Waals surface area contributed by atoms with Crippen LogP contribution in [0.4, 0.5) is 24.7 Å². The summed E-state index contributed by atoms with van der Waals surface area (Å²) in [4.78, 5) is 13.3. The molecule has 3 heterocycles. The van der Waals surface area contributed by atoms with Crippen molar-refractivity contribution in [1.82, 2.24) is 9.78 Å². The molecule has 0 unspecified atom stereocenters. The van der Waals surface area contributed by atoms with Crippen LogP contribution in [0.15, 0.2) is 36.5 Å². The summed E-state index contributed by atoms with van der Waals surface area (Å²) in [6, 6.07) is 5.09. The maximum Gasteiger partial charge on any atom is 0.410 e. The molecule has 0 saturated carbocycles. The number of anilines is 2. The Bertz CT molecular complexity index is 1370. The molecule has 0 spiro atoms. The Morgan fingerprint density at radius 1 is 1.18 bits per heavy atom. The zero-order valence-electron chi connectivity index (χ0n) is 20.6. The van der Waals surface area contributed by atoms with E-state index in [0.29, 0.717) is 34.1 Å². The number of nitrogens with one attached hydrogen (secondary N) is 2. The molecule has 10 nitrogen and oxygen atoms in total. The number of ether oxygens (including phenoxy) is 4. The lowest BCUT2D eigenvalue weighted by atomic mass is 9.96. The van der Waals surface area contributed by atoms with Crippen LogP contribution in [-0.2, 0) is 0 Å². The van der Waals surface area contributed by atoms with Crippen molar-refractivity contribution in [2.45, 2.75) is 37.7 Å². The number of nitrogens with zero attached hydrogens (tertiary/aromatic N) is 2. The van der Waals surface area contributed by atoms with Crippen LogP contribution in [0.2, 0.25) is 0 Å². The second-order valence-electron chi connectivity index (χ2n) is 8.88. The van der Waals surface area contributed by atoms with E-state index in [-0.39, 0.29) is 30.3 Å². The third-order valence-electron chi connectivity index (χ3n) is 6.54. The van der Waals surface area contributed by atoms with E-state index in [9.17, 15) is 23.1 Å². The number of benzene rings is 2.